The van der Waals surface area contributed by atoms with Crippen molar-refractivity contribution < 1.29 is 4.74 Å². The first-order valence-electron chi connectivity index (χ1n) is 8.79. The van der Waals surface area contributed by atoms with Crippen LogP contribution >= 0.6 is 0 Å². The van der Waals surface area contributed by atoms with Crippen LogP contribution in [0.1, 0.15) is 5.56 Å². The van der Waals surface area contributed by atoms with Gasteiger partial charge in [0.15, 0.2) is 0 Å². The van der Waals surface area contributed by atoms with E-state index in [4.69, 9.17) is 4.74 Å². The van der Waals surface area contributed by atoms with Gasteiger partial charge in [-0.15, -0.1) is 0 Å². The number of rotatable bonds is 4. The third-order valence-electron chi connectivity index (χ3n) is 4.39. The molecule has 4 aromatic carbocycles. The molecule has 26 heavy (non-hydrogen) atoms. The fourth-order valence-electron chi connectivity index (χ4n) is 3.08. The van der Waals surface area contributed by atoms with Gasteiger partial charge in [0, 0.05) is 5.56 Å². The normalized spacial score (nSPS) is 10.5. The smallest absolute Gasteiger partial charge is 0.135 e. The fraction of sp³-hybridized carbons (Fsp3) is 0.0400. The van der Waals surface area contributed by atoms with E-state index < -0.39 is 0 Å². The third-order valence-corrected chi connectivity index (χ3v) is 4.39. The Bertz CT molecular complexity index is 1000. The lowest BCUT2D eigenvalue weighted by molar-refractivity contribution is 0.484. The van der Waals surface area contributed by atoms with Crippen LogP contribution in [0.15, 0.2) is 103 Å². The Kier molecular flexibility index (Phi) is 4.53. The SMILES string of the molecule is Cc1cccc(-c2ccc(-c3ccccc3)c(Oc3ccccc3)c2)c1. The average molecular weight is 336 g/mol. The molecule has 126 valence electrons. The van der Waals surface area contributed by atoms with E-state index in [9.17, 15) is 0 Å². The van der Waals surface area contributed by atoms with Crippen LogP contribution in [0.25, 0.3) is 22.3 Å². The molecule has 0 bridgehead atoms. The van der Waals surface area contributed by atoms with Crippen LogP contribution < -0.4 is 4.74 Å². The van der Waals surface area contributed by atoms with Crippen LogP contribution in [-0.4, -0.2) is 0 Å². The Balaban J connectivity index is 1.82. The van der Waals surface area contributed by atoms with E-state index in [0.717, 1.165) is 28.2 Å². The molecule has 0 heterocycles. The Morgan fingerprint density at radius 2 is 1.19 bits per heavy atom. The van der Waals surface area contributed by atoms with Crippen molar-refractivity contribution in [2.24, 2.45) is 0 Å². The van der Waals surface area contributed by atoms with E-state index in [1.54, 1.807) is 0 Å². The van der Waals surface area contributed by atoms with E-state index in [1.807, 2.05) is 36.4 Å². The Morgan fingerprint density at radius 3 is 1.92 bits per heavy atom. The molecule has 0 atom stereocenters. The van der Waals surface area contributed by atoms with Gasteiger partial charge in [-0.1, -0.05) is 90.5 Å². The second-order valence-corrected chi connectivity index (χ2v) is 6.36. The van der Waals surface area contributed by atoms with Crippen LogP contribution in [0.2, 0.25) is 0 Å². The minimum Gasteiger partial charge on any atom is -0.457 e. The number of ether oxygens (including phenoxy) is 1. The molecule has 0 aliphatic rings. The quantitative estimate of drug-likeness (QED) is 0.385. The first-order chi connectivity index (χ1) is 12.8. The highest BCUT2D eigenvalue weighted by Crippen LogP contribution is 2.37. The Morgan fingerprint density at radius 1 is 0.538 bits per heavy atom. The first-order valence-corrected chi connectivity index (χ1v) is 8.79. The van der Waals surface area contributed by atoms with E-state index >= 15 is 0 Å². The number of hydrogen-bond acceptors (Lipinski definition) is 1. The van der Waals surface area contributed by atoms with Crippen LogP contribution in [0.5, 0.6) is 11.5 Å². The summed E-state index contributed by atoms with van der Waals surface area (Å²) in [6.45, 7) is 2.11. The molecule has 4 rings (SSSR count). The minimum absolute atomic E-state index is 0.839. The molecule has 1 nitrogen and oxygen atoms in total. The molecule has 0 saturated heterocycles. The molecule has 0 fully saturated rings. The molecule has 0 aliphatic carbocycles. The lowest BCUT2D eigenvalue weighted by Gasteiger charge is -2.14. The summed E-state index contributed by atoms with van der Waals surface area (Å²) >= 11 is 0. The molecule has 0 radical (unpaired) electrons. The summed E-state index contributed by atoms with van der Waals surface area (Å²) in [6, 6.07) is 35.3. The van der Waals surface area contributed by atoms with Gasteiger partial charge in [-0.05, 0) is 41.8 Å². The number of aryl methyl sites for hydroxylation is 1. The third kappa shape index (κ3) is 3.52. The predicted molar refractivity (Wildman–Crippen MR) is 109 cm³/mol. The van der Waals surface area contributed by atoms with E-state index in [1.165, 1.54) is 11.1 Å². The molecular formula is C25H20O. The number of hydrogen-bond donors (Lipinski definition) is 0. The largest absolute Gasteiger partial charge is 0.457 e. The highest BCUT2D eigenvalue weighted by Gasteiger charge is 2.10. The summed E-state index contributed by atoms with van der Waals surface area (Å²) in [5, 5.41) is 0. The van der Waals surface area contributed by atoms with Gasteiger partial charge < -0.3 is 4.74 Å². The molecule has 0 saturated carbocycles. The summed E-state index contributed by atoms with van der Waals surface area (Å²) in [4.78, 5) is 0. The highest BCUT2D eigenvalue weighted by atomic mass is 16.5. The molecule has 0 spiro atoms. The second-order valence-electron chi connectivity index (χ2n) is 6.36. The molecule has 0 unspecified atom stereocenters. The van der Waals surface area contributed by atoms with Crippen molar-refractivity contribution in [2.75, 3.05) is 0 Å². The van der Waals surface area contributed by atoms with E-state index in [-0.39, 0.29) is 0 Å². The molecule has 1 heteroatoms. The number of benzene rings is 4. The van der Waals surface area contributed by atoms with Gasteiger partial charge in [-0.3, -0.25) is 0 Å². The maximum Gasteiger partial charge on any atom is 0.135 e. The van der Waals surface area contributed by atoms with Crippen LogP contribution in [0, 0.1) is 6.92 Å². The summed E-state index contributed by atoms with van der Waals surface area (Å²) in [7, 11) is 0. The van der Waals surface area contributed by atoms with Gasteiger partial charge in [0.05, 0.1) is 0 Å². The highest BCUT2D eigenvalue weighted by molar-refractivity contribution is 5.77. The molecule has 0 aliphatic heterocycles. The van der Waals surface area contributed by atoms with Crippen molar-refractivity contribution >= 4 is 0 Å². The maximum atomic E-state index is 6.26. The van der Waals surface area contributed by atoms with Gasteiger partial charge in [-0.25, -0.2) is 0 Å². The van der Waals surface area contributed by atoms with Gasteiger partial charge in [0.1, 0.15) is 11.5 Å². The topological polar surface area (TPSA) is 9.23 Å². The summed E-state index contributed by atoms with van der Waals surface area (Å²) in [5.74, 6) is 1.70. The summed E-state index contributed by atoms with van der Waals surface area (Å²) in [5.41, 5.74) is 5.84. The van der Waals surface area contributed by atoms with E-state index in [0.29, 0.717) is 0 Å². The van der Waals surface area contributed by atoms with Crippen LogP contribution in [0.4, 0.5) is 0 Å². The van der Waals surface area contributed by atoms with Crippen molar-refractivity contribution in [1.29, 1.82) is 0 Å². The average Bonchev–Trinajstić information content (AvgIpc) is 2.69. The zero-order valence-corrected chi connectivity index (χ0v) is 14.7. The molecular weight excluding hydrogens is 316 g/mol. The van der Waals surface area contributed by atoms with Gasteiger partial charge in [0.25, 0.3) is 0 Å². The Labute approximate surface area is 154 Å². The minimum atomic E-state index is 0.839. The molecule has 0 amide bonds. The number of para-hydroxylation sites is 1. The Hall–Kier alpha value is -3.32. The molecule has 4 aromatic rings. The summed E-state index contributed by atoms with van der Waals surface area (Å²) in [6.07, 6.45) is 0. The van der Waals surface area contributed by atoms with Gasteiger partial charge in [-0.2, -0.15) is 0 Å². The van der Waals surface area contributed by atoms with Gasteiger partial charge >= 0.3 is 0 Å². The van der Waals surface area contributed by atoms with E-state index in [2.05, 4.69) is 73.7 Å². The lowest BCUT2D eigenvalue weighted by Crippen LogP contribution is -1.90. The standard InChI is InChI=1S/C25H20O/c1-19-9-8-12-21(17-19)22-15-16-24(20-10-4-2-5-11-20)25(18-22)26-23-13-6-3-7-14-23/h2-18H,1H3. The predicted octanol–water partition coefficient (Wildman–Crippen LogP) is 7.12. The van der Waals surface area contributed by atoms with Crippen molar-refractivity contribution in [3.63, 3.8) is 0 Å². The monoisotopic (exact) mass is 336 g/mol. The summed E-state index contributed by atoms with van der Waals surface area (Å²) < 4.78 is 6.26. The van der Waals surface area contributed by atoms with Crippen LogP contribution in [-0.2, 0) is 0 Å². The molecule has 0 aromatic heterocycles. The zero-order valence-electron chi connectivity index (χ0n) is 14.7. The fourth-order valence-corrected chi connectivity index (χ4v) is 3.08. The maximum absolute atomic E-state index is 6.26. The van der Waals surface area contributed by atoms with Gasteiger partial charge in [0.2, 0.25) is 0 Å². The molecule has 0 N–H and O–H groups in total. The van der Waals surface area contributed by atoms with Crippen molar-refractivity contribution in [3.05, 3.63) is 109 Å². The van der Waals surface area contributed by atoms with Crippen molar-refractivity contribution in [1.82, 2.24) is 0 Å². The van der Waals surface area contributed by atoms with Crippen molar-refractivity contribution in [3.8, 4) is 33.8 Å². The van der Waals surface area contributed by atoms with Crippen molar-refractivity contribution in [2.45, 2.75) is 6.92 Å². The first kappa shape index (κ1) is 16.2. The zero-order chi connectivity index (χ0) is 17.8. The second kappa shape index (κ2) is 7.28. The van der Waals surface area contributed by atoms with Crippen LogP contribution in [0.3, 0.4) is 0 Å². The lowest BCUT2D eigenvalue weighted by atomic mass is 9.98.